The second-order valence-corrected chi connectivity index (χ2v) is 7.65. The first-order valence-electron chi connectivity index (χ1n) is 10.4. The summed E-state index contributed by atoms with van der Waals surface area (Å²) in [5.41, 5.74) is 2.09. The molecular formula is C23H31N3O4. The van der Waals surface area contributed by atoms with Crippen LogP contribution in [0.1, 0.15) is 24.1 Å². The van der Waals surface area contributed by atoms with E-state index < -0.39 is 0 Å². The number of aromatic nitrogens is 1. The summed E-state index contributed by atoms with van der Waals surface area (Å²) in [5.74, 6) is -0.239. The van der Waals surface area contributed by atoms with Gasteiger partial charge in [-0.05, 0) is 30.5 Å². The Labute approximate surface area is 178 Å². The molecule has 0 atom stereocenters. The maximum Gasteiger partial charge on any atom is 0.249 e. The molecule has 0 bridgehead atoms. The van der Waals surface area contributed by atoms with Crippen molar-refractivity contribution in [3.63, 3.8) is 0 Å². The van der Waals surface area contributed by atoms with Crippen molar-refractivity contribution in [3.8, 4) is 0 Å². The van der Waals surface area contributed by atoms with Gasteiger partial charge < -0.3 is 23.8 Å². The lowest BCUT2D eigenvalue weighted by atomic mass is 10.2. The summed E-state index contributed by atoms with van der Waals surface area (Å²) >= 11 is 0. The quantitative estimate of drug-likeness (QED) is 0.535. The summed E-state index contributed by atoms with van der Waals surface area (Å²) in [4.78, 5) is 29.2. The first kappa shape index (κ1) is 22.1. The molecule has 1 aliphatic rings. The van der Waals surface area contributed by atoms with Gasteiger partial charge in [-0.1, -0.05) is 30.3 Å². The van der Waals surface area contributed by atoms with E-state index >= 15 is 0 Å². The zero-order valence-corrected chi connectivity index (χ0v) is 17.8. The highest BCUT2D eigenvalue weighted by atomic mass is 16.5. The normalized spacial score (nSPS) is 13.3. The van der Waals surface area contributed by atoms with Crippen LogP contribution >= 0.6 is 0 Å². The number of methoxy groups -OCH3 is 1. The molecule has 0 aliphatic heterocycles. The fourth-order valence-corrected chi connectivity index (χ4v) is 3.31. The molecule has 30 heavy (non-hydrogen) atoms. The standard InChI is InChI=1S/C23H31N3O4/c1-24-12-6-9-21(24)15-26(20-10-11-20)22(27)16-25(13-14-29-2)23(28)18-30-17-19-7-4-3-5-8-19/h3-9,12,20H,10-11,13-18H2,1-2H3. The molecule has 1 aliphatic carbocycles. The molecule has 162 valence electrons. The third-order valence-corrected chi connectivity index (χ3v) is 5.27. The minimum Gasteiger partial charge on any atom is -0.383 e. The number of benzene rings is 1. The average Bonchev–Trinajstić information content (AvgIpc) is 3.51. The van der Waals surface area contributed by atoms with Gasteiger partial charge in [0, 0.05) is 38.6 Å². The minimum atomic E-state index is -0.203. The van der Waals surface area contributed by atoms with Crippen molar-refractivity contribution in [2.24, 2.45) is 7.05 Å². The van der Waals surface area contributed by atoms with Crippen LogP contribution in [0.4, 0.5) is 0 Å². The van der Waals surface area contributed by atoms with Gasteiger partial charge >= 0.3 is 0 Å². The molecule has 1 saturated carbocycles. The molecule has 1 aromatic carbocycles. The number of ether oxygens (including phenoxy) is 2. The third kappa shape index (κ3) is 6.43. The lowest BCUT2D eigenvalue weighted by Crippen LogP contribution is -2.45. The van der Waals surface area contributed by atoms with Crippen LogP contribution in [-0.2, 0) is 39.3 Å². The molecule has 0 radical (unpaired) electrons. The predicted molar refractivity (Wildman–Crippen MR) is 114 cm³/mol. The molecule has 2 aromatic rings. The molecule has 7 nitrogen and oxygen atoms in total. The SMILES string of the molecule is COCCN(CC(=O)N(Cc1cccn1C)C1CC1)C(=O)COCc1ccccc1. The lowest BCUT2D eigenvalue weighted by molar-refractivity contribution is -0.144. The number of hydrogen-bond donors (Lipinski definition) is 0. The number of aryl methyl sites for hydroxylation is 1. The van der Waals surface area contributed by atoms with E-state index in [1.807, 2.05) is 65.2 Å². The van der Waals surface area contributed by atoms with Gasteiger partial charge in [-0.15, -0.1) is 0 Å². The minimum absolute atomic E-state index is 0.0359. The van der Waals surface area contributed by atoms with Crippen molar-refractivity contribution in [2.45, 2.75) is 32.0 Å². The Balaban J connectivity index is 1.57. The van der Waals surface area contributed by atoms with Crippen LogP contribution in [0.15, 0.2) is 48.7 Å². The van der Waals surface area contributed by atoms with Crippen LogP contribution in [-0.4, -0.2) is 65.6 Å². The molecule has 1 heterocycles. The Morgan fingerprint density at radius 2 is 1.87 bits per heavy atom. The molecule has 1 fully saturated rings. The third-order valence-electron chi connectivity index (χ3n) is 5.27. The van der Waals surface area contributed by atoms with Crippen molar-refractivity contribution in [2.75, 3.05) is 33.4 Å². The van der Waals surface area contributed by atoms with E-state index in [1.54, 1.807) is 7.11 Å². The zero-order valence-electron chi connectivity index (χ0n) is 17.8. The van der Waals surface area contributed by atoms with Crippen LogP contribution in [0.25, 0.3) is 0 Å². The summed E-state index contributed by atoms with van der Waals surface area (Å²) in [6.07, 6.45) is 4.01. The Hall–Kier alpha value is -2.64. The van der Waals surface area contributed by atoms with Gasteiger partial charge in [0.25, 0.3) is 0 Å². The second kappa shape index (κ2) is 10.9. The number of amides is 2. The van der Waals surface area contributed by atoms with Gasteiger partial charge in [-0.3, -0.25) is 9.59 Å². The highest BCUT2D eigenvalue weighted by molar-refractivity contribution is 5.85. The summed E-state index contributed by atoms with van der Waals surface area (Å²) in [5, 5.41) is 0. The monoisotopic (exact) mass is 413 g/mol. The first-order valence-corrected chi connectivity index (χ1v) is 10.4. The smallest absolute Gasteiger partial charge is 0.249 e. The molecule has 0 saturated heterocycles. The summed E-state index contributed by atoms with van der Waals surface area (Å²) in [6.45, 7) is 1.63. The van der Waals surface area contributed by atoms with Gasteiger partial charge in [-0.25, -0.2) is 0 Å². The molecular weight excluding hydrogens is 382 g/mol. The maximum atomic E-state index is 13.1. The Kier molecular flexibility index (Phi) is 8.04. The van der Waals surface area contributed by atoms with E-state index in [4.69, 9.17) is 9.47 Å². The second-order valence-electron chi connectivity index (χ2n) is 7.65. The fourth-order valence-electron chi connectivity index (χ4n) is 3.31. The van der Waals surface area contributed by atoms with Crippen LogP contribution in [0.2, 0.25) is 0 Å². The number of carbonyl (C=O) groups excluding carboxylic acids is 2. The maximum absolute atomic E-state index is 13.1. The molecule has 1 aromatic heterocycles. The number of hydrogen-bond acceptors (Lipinski definition) is 4. The van der Waals surface area contributed by atoms with E-state index in [1.165, 1.54) is 4.90 Å². The number of nitrogens with zero attached hydrogens (tertiary/aromatic N) is 3. The van der Waals surface area contributed by atoms with Crippen molar-refractivity contribution in [3.05, 3.63) is 59.9 Å². The summed E-state index contributed by atoms with van der Waals surface area (Å²) in [7, 11) is 3.56. The predicted octanol–water partition coefficient (Wildman–Crippen LogP) is 2.21. The van der Waals surface area contributed by atoms with E-state index in [2.05, 4.69) is 0 Å². The van der Waals surface area contributed by atoms with E-state index in [-0.39, 0.29) is 31.0 Å². The van der Waals surface area contributed by atoms with E-state index in [0.717, 1.165) is 24.1 Å². The fraction of sp³-hybridized carbons (Fsp3) is 0.478. The van der Waals surface area contributed by atoms with Crippen LogP contribution in [0.5, 0.6) is 0 Å². The van der Waals surface area contributed by atoms with Gasteiger partial charge in [0.1, 0.15) is 6.61 Å². The average molecular weight is 414 g/mol. The molecule has 0 spiro atoms. The molecule has 7 heteroatoms. The Morgan fingerprint density at radius 1 is 1.10 bits per heavy atom. The largest absolute Gasteiger partial charge is 0.383 e. The number of rotatable bonds is 12. The van der Waals surface area contributed by atoms with Crippen molar-refractivity contribution >= 4 is 11.8 Å². The van der Waals surface area contributed by atoms with E-state index in [9.17, 15) is 9.59 Å². The lowest BCUT2D eigenvalue weighted by Gasteiger charge is -2.28. The van der Waals surface area contributed by atoms with Gasteiger partial charge in [0.2, 0.25) is 11.8 Å². The van der Waals surface area contributed by atoms with Crippen LogP contribution in [0, 0.1) is 0 Å². The Bertz CT molecular complexity index is 817. The van der Waals surface area contributed by atoms with Crippen molar-refractivity contribution in [1.82, 2.24) is 14.4 Å². The molecule has 3 rings (SSSR count). The number of carbonyl (C=O) groups is 2. The van der Waals surface area contributed by atoms with Gasteiger partial charge in [0.15, 0.2) is 0 Å². The molecule has 0 N–H and O–H groups in total. The van der Waals surface area contributed by atoms with E-state index in [0.29, 0.717) is 26.3 Å². The van der Waals surface area contributed by atoms with Gasteiger partial charge in [-0.2, -0.15) is 0 Å². The van der Waals surface area contributed by atoms with Crippen LogP contribution < -0.4 is 0 Å². The first-order chi connectivity index (χ1) is 14.6. The highest BCUT2D eigenvalue weighted by Crippen LogP contribution is 2.28. The van der Waals surface area contributed by atoms with Crippen molar-refractivity contribution < 1.29 is 19.1 Å². The Morgan fingerprint density at radius 3 is 2.50 bits per heavy atom. The molecule has 2 amide bonds. The topological polar surface area (TPSA) is 64.0 Å². The van der Waals surface area contributed by atoms with Gasteiger partial charge in [0.05, 0.1) is 26.3 Å². The highest BCUT2D eigenvalue weighted by Gasteiger charge is 2.34. The summed E-state index contributed by atoms with van der Waals surface area (Å²) in [6, 6.07) is 14.0. The van der Waals surface area contributed by atoms with Crippen molar-refractivity contribution in [1.29, 1.82) is 0 Å². The zero-order chi connectivity index (χ0) is 21.3. The summed E-state index contributed by atoms with van der Waals surface area (Å²) < 4.78 is 12.7. The van der Waals surface area contributed by atoms with Crippen LogP contribution in [0.3, 0.4) is 0 Å². The molecule has 0 unspecified atom stereocenters.